The van der Waals surface area contributed by atoms with Crippen molar-refractivity contribution in [1.29, 1.82) is 0 Å². The molecule has 0 N–H and O–H groups in total. The fraction of sp³-hybridized carbons (Fsp3) is 0.833. The van der Waals surface area contributed by atoms with E-state index in [9.17, 15) is 9.59 Å². The molecule has 0 radical (unpaired) electrons. The number of carbonyl (C=O) groups is 2. The van der Waals surface area contributed by atoms with Crippen LogP contribution in [-0.2, 0) is 9.47 Å². The second kappa shape index (κ2) is 18.7. The fourth-order valence-corrected chi connectivity index (χ4v) is 13.3. The molecule has 0 aliphatic heterocycles. The summed E-state index contributed by atoms with van der Waals surface area (Å²) in [6.07, 6.45) is 34.4. The van der Waals surface area contributed by atoms with Crippen molar-refractivity contribution in [2.45, 2.75) is 193 Å². The van der Waals surface area contributed by atoms with Crippen LogP contribution < -0.4 is 0 Å². The zero-order valence-corrected chi connectivity index (χ0v) is 33.3. The number of hydrogen-bond donors (Lipinski definition) is 0. The van der Waals surface area contributed by atoms with E-state index in [1.54, 1.807) is 0 Å². The largest absolute Gasteiger partial charge is 0.458 e. The summed E-state index contributed by atoms with van der Waals surface area (Å²) in [5.41, 5.74) is 1.14. The first-order valence-corrected chi connectivity index (χ1v) is 23.0. The minimum absolute atomic E-state index is 0.00115. The lowest BCUT2D eigenvalue weighted by molar-refractivity contribution is -0.0505. The van der Waals surface area contributed by atoms with Gasteiger partial charge in [-0.3, -0.25) is 0 Å². The number of rotatable bonds is 10. The van der Waals surface area contributed by atoms with Crippen LogP contribution in [0.3, 0.4) is 0 Å². The maximum Gasteiger partial charge on any atom is 0.338 e. The van der Waals surface area contributed by atoms with Crippen molar-refractivity contribution < 1.29 is 19.1 Å². The van der Waals surface area contributed by atoms with Crippen molar-refractivity contribution in [2.75, 3.05) is 0 Å². The lowest BCUT2D eigenvalue weighted by Gasteiger charge is -2.47. The lowest BCUT2D eigenvalue weighted by atomic mass is 9.60. The van der Waals surface area contributed by atoms with Gasteiger partial charge in [0.15, 0.2) is 0 Å². The topological polar surface area (TPSA) is 52.6 Å². The molecule has 0 saturated heterocycles. The molecule has 0 bridgehead atoms. The van der Waals surface area contributed by atoms with Gasteiger partial charge in [-0.15, -0.1) is 0 Å². The molecule has 6 fully saturated rings. The quantitative estimate of drug-likeness (QED) is 0.226. The van der Waals surface area contributed by atoms with Crippen LogP contribution in [0.25, 0.3) is 0 Å². The molecule has 4 heteroatoms. The van der Waals surface area contributed by atoms with Crippen molar-refractivity contribution in [3.8, 4) is 0 Å². The molecule has 6 aliphatic carbocycles. The van der Waals surface area contributed by atoms with Gasteiger partial charge in [0, 0.05) is 0 Å². The van der Waals surface area contributed by atoms with Gasteiger partial charge in [-0.05, 0) is 109 Å². The van der Waals surface area contributed by atoms with Crippen LogP contribution in [-0.4, -0.2) is 24.1 Å². The fourth-order valence-electron chi connectivity index (χ4n) is 13.3. The molecule has 4 nitrogen and oxygen atoms in total. The summed E-state index contributed by atoms with van der Waals surface area (Å²) >= 11 is 0. The highest BCUT2D eigenvalue weighted by molar-refractivity contribution is 5.93. The first-order valence-electron chi connectivity index (χ1n) is 23.0. The minimum Gasteiger partial charge on any atom is -0.458 e. The van der Waals surface area contributed by atoms with Crippen molar-refractivity contribution in [3.63, 3.8) is 0 Å². The third kappa shape index (κ3) is 9.50. The first-order chi connectivity index (χ1) is 25.4. The van der Waals surface area contributed by atoms with Gasteiger partial charge in [0.05, 0.1) is 11.1 Å². The van der Waals surface area contributed by atoms with Crippen LogP contribution in [0.5, 0.6) is 0 Å². The number of esters is 2. The average molecular weight is 715 g/mol. The molecule has 6 aliphatic rings. The summed E-state index contributed by atoms with van der Waals surface area (Å²) in [4.78, 5) is 27.7. The molecule has 0 unspecified atom stereocenters. The van der Waals surface area contributed by atoms with Crippen molar-refractivity contribution in [2.24, 2.45) is 59.2 Å². The van der Waals surface area contributed by atoms with E-state index in [2.05, 4.69) is 13.8 Å². The predicted molar refractivity (Wildman–Crippen MR) is 211 cm³/mol. The van der Waals surface area contributed by atoms with E-state index in [1.807, 2.05) is 24.3 Å². The molecule has 0 heterocycles. The minimum atomic E-state index is -0.209. The van der Waals surface area contributed by atoms with E-state index in [1.165, 1.54) is 154 Å². The molecule has 7 rings (SSSR count). The smallest absolute Gasteiger partial charge is 0.338 e. The summed E-state index contributed by atoms with van der Waals surface area (Å²) in [7, 11) is 0. The van der Waals surface area contributed by atoms with Crippen molar-refractivity contribution in [1.82, 2.24) is 0 Å². The van der Waals surface area contributed by atoms with E-state index >= 15 is 0 Å². The third-order valence-corrected chi connectivity index (χ3v) is 15.8. The second-order valence-electron chi connectivity index (χ2n) is 19.4. The number of ether oxygens (including phenoxy) is 2. The second-order valence-corrected chi connectivity index (χ2v) is 19.4. The zero-order chi connectivity index (χ0) is 35.9. The van der Waals surface area contributed by atoms with Crippen LogP contribution in [0.2, 0.25) is 0 Å². The Morgan fingerprint density at radius 3 is 1.02 bits per heavy atom. The molecule has 1 aromatic carbocycles. The van der Waals surface area contributed by atoms with E-state index in [0.29, 0.717) is 46.6 Å². The Morgan fingerprint density at radius 2 is 0.731 bits per heavy atom. The van der Waals surface area contributed by atoms with E-state index in [0.717, 1.165) is 36.5 Å². The summed E-state index contributed by atoms with van der Waals surface area (Å²) in [5, 5.41) is 0. The highest BCUT2D eigenvalue weighted by Gasteiger charge is 2.45. The summed E-state index contributed by atoms with van der Waals surface area (Å²) < 4.78 is 13.1. The van der Waals surface area contributed by atoms with Gasteiger partial charge in [-0.1, -0.05) is 155 Å². The Hall–Kier alpha value is -1.84. The zero-order valence-electron chi connectivity index (χ0n) is 33.3. The van der Waals surface area contributed by atoms with Crippen LogP contribution in [0.4, 0.5) is 0 Å². The Labute approximate surface area is 317 Å². The van der Waals surface area contributed by atoms with Crippen molar-refractivity contribution >= 4 is 11.9 Å². The molecule has 0 spiro atoms. The maximum absolute atomic E-state index is 13.9. The Bertz CT molecular complexity index is 1110. The Kier molecular flexibility index (Phi) is 13.8. The SMILES string of the molecule is C[C@@H]1CC[C@@H](C(C2CCCCC2)C2CCCCC2)[C@H](OC(=O)c2ccc(C(=O)O[C@@H]3C[C@H](C)CC[C@H]3C(C3CCCCC3)C3CCCCC3)cc2)C1. The van der Waals surface area contributed by atoms with Gasteiger partial charge in [-0.2, -0.15) is 0 Å². The molecule has 6 atom stereocenters. The first kappa shape index (κ1) is 38.4. The molecule has 0 amide bonds. The molecular formula is C48H74O4. The van der Waals surface area contributed by atoms with Gasteiger partial charge >= 0.3 is 11.9 Å². The summed E-state index contributed by atoms with van der Waals surface area (Å²) in [5.74, 6) is 6.33. The van der Waals surface area contributed by atoms with E-state index in [-0.39, 0.29) is 24.1 Å². The number of carbonyl (C=O) groups excluding carboxylic acids is 2. The van der Waals surface area contributed by atoms with Crippen LogP contribution >= 0.6 is 0 Å². The molecule has 1 aromatic rings. The van der Waals surface area contributed by atoms with E-state index < -0.39 is 0 Å². The average Bonchev–Trinajstić information content (AvgIpc) is 3.18. The Morgan fingerprint density at radius 1 is 0.442 bits per heavy atom. The maximum atomic E-state index is 13.9. The predicted octanol–water partition coefficient (Wildman–Crippen LogP) is 13.2. The van der Waals surface area contributed by atoms with Crippen molar-refractivity contribution in [3.05, 3.63) is 35.4 Å². The van der Waals surface area contributed by atoms with Gasteiger partial charge < -0.3 is 9.47 Å². The van der Waals surface area contributed by atoms with Gasteiger partial charge in [0.1, 0.15) is 12.2 Å². The van der Waals surface area contributed by atoms with Gasteiger partial charge in [0.25, 0.3) is 0 Å². The summed E-state index contributed by atoms with van der Waals surface area (Å²) in [6.45, 7) is 4.69. The lowest BCUT2D eigenvalue weighted by Crippen LogP contribution is -2.43. The van der Waals surface area contributed by atoms with E-state index in [4.69, 9.17) is 9.47 Å². The standard InChI is InChI=1S/C48H74O4/c1-33-23-29-41(45(35-15-7-3-8-16-35)36-17-9-4-10-18-36)43(31-33)51-47(49)39-25-27-40(28-26-39)48(50)52-44-32-34(2)24-30-42(44)46(37-19-11-5-12-20-37)38-21-13-6-14-22-38/h25-28,33-38,41-46H,3-24,29-32H2,1-2H3/t33-,34-,41-,42-,43-,44-/m1/s1. The van der Waals surface area contributed by atoms with Crippen LogP contribution in [0, 0.1) is 59.2 Å². The monoisotopic (exact) mass is 715 g/mol. The normalized spacial score (nSPS) is 32.2. The highest BCUT2D eigenvalue weighted by Crippen LogP contribution is 2.51. The molecule has 0 aromatic heterocycles. The molecule has 6 saturated carbocycles. The number of hydrogen-bond acceptors (Lipinski definition) is 4. The van der Waals surface area contributed by atoms with Gasteiger partial charge in [0.2, 0.25) is 0 Å². The third-order valence-electron chi connectivity index (χ3n) is 15.8. The molecule has 290 valence electrons. The number of benzene rings is 1. The Balaban J connectivity index is 1.02. The molecular weight excluding hydrogens is 641 g/mol. The molecule has 52 heavy (non-hydrogen) atoms. The van der Waals surface area contributed by atoms with Gasteiger partial charge in [-0.25, -0.2) is 9.59 Å². The van der Waals surface area contributed by atoms with Crippen LogP contribution in [0.15, 0.2) is 24.3 Å². The van der Waals surface area contributed by atoms with Crippen LogP contribution in [0.1, 0.15) is 202 Å². The summed E-state index contributed by atoms with van der Waals surface area (Å²) in [6, 6.07) is 7.31. The highest BCUT2D eigenvalue weighted by atomic mass is 16.5.